The van der Waals surface area contributed by atoms with E-state index in [1.807, 2.05) is 12.4 Å². The Morgan fingerprint density at radius 1 is 0.640 bits per heavy atom. The number of rotatable bonds is 17. The zero-order valence-electron chi connectivity index (χ0n) is 16.7. The zero-order valence-corrected chi connectivity index (χ0v) is 16.7. The first-order valence-electron chi connectivity index (χ1n) is 11.0. The Hall–Kier alpha value is -1.11. The molecule has 0 atom stereocenters. The van der Waals surface area contributed by atoms with Crippen LogP contribution in [-0.4, -0.2) is 4.98 Å². The second-order valence-electron chi connectivity index (χ2n) is 7.40. The van der Waals surface area contributed by atoms with Crippen molar-refractivity contribution in [3.8, 4) is 0 Å². The standard InChI is InChI=1S/C24H41N/c1-2-3-4-5-6-7-8-9-10-11-12-13-14-15-16-17-18-19-24-20-22-25-23-21-24/h9-10,20-23H,2-8,11-19H2,1H3. The Morgan fingerprint density at radius 2 is 1.12 bits per heavy atom. The second kappa shape index (κ2) is 17.7. The molecule has 0 fully saturated rings. The van der Waals surface area contributed by atoms with E-state index in [1.54, 1.807) is 0 Å². The Bertz CT molecular complexity index is 396. The summed E-state index contributed by atoms with van der Waals surface area (Å²) in [7, 11) is 0. The van der Waals surface area contributed by atoms with Crippen molar-refractivity contribution in [3.05, 3.63) is 42.2 Å². The van der Waals surface area contributed by atoms with Crippen LogP contribution in [0.4, 0.5) is 0 Å². The van der Waals surface area contributed by atoms with Gasteiger partial charge >= 0.3 is 0 Å². The molecule has 142 valence electrons. The maximum absolute atomic E-state index is 4.07. The molecule has 0 aliphatic carbocycles. The summed E-state index contributed by atoms with van der Waals surface area (Å²) in [5, 5.41) is 0. The van der Waals surface area contributed by atoms with Crippen LogP contribution in [0.25, 0.3) is 0 Å². The van der Waals surface area contributed by atoms with E-state index < -0.39 is 0 Å². The van der Waals surface area contributed by atoms with Gasteiger partial charge in [0.25, 0.3) is 0 Å². The first-order valence-corrected chi connectivity index (χ1v) is 11.0. The topological polar surface area (TPSA) is 12.9 Å². The summed E-state index contributed by atoms with van der Waals surface area (Å²) in [6.45, 7) is 2.28. The van der Waals surface area contributed by atoms with Gasteiger partial charge in [0.15, 0.2) is 0 Å². The van der Waals surface area contributed by atoms with E-state index in [-0.39, 0.29) is 0 Å². The lowest BCUT2D eigenvalue weighted by molar-refractivity contribution is 0.580. The van der Waals surface area contributed by atoms with Gasteiger partial charge in [0.05, 0.1) is 0 Å². The second-order valence-corrected chi connectivity index (χ2v) is 7.40. The van der Waals surface area contributed by atoms with Crippen molar-refractivity contribution in [1.82, 2.24) is 4.98 Å². The van der Waals surface area contributed by atoms with Crippen LogP contribution in [0.5, 0.6) is 0 Å². The summed E-state index contributed by atoms with van der Waals surface area (Å²) in [6.07, 6.45) is 30.6. The predicted octanol–water partition coefficient (Wildman–Crippen LogP) is 8.05. The smallest absolute Gasteiger partial charge is 0.0270 e. The van der Waals surface area contributed by atoms with Gasteiger partial charge in [-0.15, -0.1) is 0 Å². The van der Waals surface area contributed by atoms with E-state index in [1.165, 1.54) is 108 Å². The third-order valence-corrected chi connectivity index (χ3v) is 4.98. The molecule has 0 radical (unpaired) electrons. The number of hydrogen-bond donors (Lipinski definition) is 0. The quantitative estimate of drug-likeness (QED) is 0.206. The number of hydrogen-bond acceptors (Lipinski definition) is 1. The number of aromatic nitrogens is 1. The maximum atomic E-state index is 4.07. The molecule has 1 aromatic rings. The van der Waals surface area contributed by atoms with Gasteiger partial charge in [-0.3, -0.25) is 4.98 Å². The molecule has 0 saturated heterocycles. The average Bonchev–Trinajstić information content (AvgIpc) is 2.65. The SMILES string of the molecule is CCCCCCCCC=CCCCCCCCCCc1ccncc1. The van der Waals surface area contributed by atoms with Crippen molar-refractivity contribution in [3.63, 3.8) is 0 Å². The molecule has 25 heavy (non-hydrogen) atoms. The van der Waals surface area contributed by atoms with Gasteiger partial charge in [-0.1, -0.05) is 83.3 Å². The van der Waals surface area contributed by atoms with Crippen molar-refractivity contribution in [2.45, 2.75) is 110 Å². The Balaban J connectivity index is 1.75. The molecule has 1 aromatic heterocycles. The predicted molar refractivity (Wildman–Crippen MR) is 112 cm³/mol. The molecule has 0 aromatic carbocycles. The molecule has 0 N–H and O–H groups in total. The van der Waals surface area contributed by atoms with Crippen molar-refractivity contribution in [2.75, 3.05) is 0 Å². The monoisotopic (exact) mass is 343 g/mol. The van der Waals surface area contributed by atoms with E-state index in [9.17, 15) is 0 Å². The number of pyridine rings is 1. The highest BCUT2D eigenvalue weighted by molar-refractivity contribution is 5.09. The molecule has 0 amide bonds. The van der Waals surface area contributed by atoms with Crippen LogP contribution in [0.3, 0.4) is 0 Å². The van der Waals surface area contributed by atoms with Gasteiger partial charge in [-0.05, 0) is 56.2 Å². The lowest BCUT2D eigenvalue weighted by atomic mass is 10.0. The lowest BCUT2D eigenvalue weighted by Gasteiger charge is -2.02. The van der Waals surface area contributed by atoms with Crippen LogP contribution in [-0.2, 0) is 6.42 Å². The Morgan fingerprint density at radius 3 is 1.68 bits per heavy atom. The van der Waals surface area contributed by atoms with Crippen molar-refractivity contribution in [2.24, 2.45) is 0 Å². The summed E-state index contributed by atoms with van der Waals surface area (Å²) < 4.78 is 0. The number of allylic oxidation sites excluding steroid dienone is 2. The summed E-state index contributed by atoms with van der Waals surface area (Å²) in [4.78, 5) is 4.07. The zero-order chi connectivity index (χ0) is 17.8. The van der Waals surface area contributed by atoms with E-state index in [0.717, 1.165) is 0 Å². The number of nitrogens with zero attached hydrogens (tertiary/aromatic N) is 1. The van der Waals surface area contributed by atoms with Crippen molar-refractivity contribution >= 4 is 0 Å². The molecule has 0 bridgehead atoms. The van der Waals surface area contributed by atoms with Crippen LogP contribution in [0, 0.1) is 0 Å². The van der Waals surface area contributed by atoms with Crippen molar-refractivity contribution < 1.29 is 0 Å². The van der Waals surface area contributed by atoms with Crippen LogP contribution in [0.1, 0.15) is 109 Å². The van der Waals surface area contributed by atoms with Gasteiger partial charge in [-0.2, -0.15) is 0 Å². The Labute approximate surface area is 157 Å². The van der Waals surface area contributed by atoms with E-state index >= 15 is 0 Å². The first-order chi connectivity index (χ1) is 12.4. The summed E-state index contributed by atoms with van der Waals surface area (Å²) >= 11 is 0. The highest BCUT2D eigenvalue weighted by Gasteiger charge is 1.94. The molecule has 1 nitrogen and oxygen atoms in total. The van der Waals surface area contributed by atoms with Crippen LogP contribution >= 0.6 is 0 Å². The minimum atomic E-state index is 1.21. The van der Waals surface area contributed by atoms with E-state index in [2.05, 4.69) is 36.2 Å². The van der Waals surface area contributed by atoms with Crippen LogP contribution < -0.4 is 0 Å². The van der Waals surface area contributed by atoms with E-state index in [4.69, 9.17) is 0 Å². The number of unbranched alkanes of at least 4 members (excludes halogenated alkanes) is 13. The first kappa shape index (κ1) is 21.9. The average molecular weight is 344 g/mol. The van der Waals surface area contributed by atoms with Crippen LogP contribution in [0.2, 0.25) is 0 Å². The molecule has 0 saturated carbocycles. The third kappa shape index (κ3) is 14.9. The molecule has 1 rings (SSSR count). The third-order valence-electron chi connectivity index (χ3n) is 4.98. The molecule has 0 aliphatic rings. The molecular formula is C24H41N. The highest BCUT2D eigenvalue weighted by Crippen LogP contribution is 2.12. The lowest BCUT2D eigenvalue weighted by Crippen LogP contribution is -1.86. The minimum absolute atomic E-state index is 1.21. The number of aryl methyl sites for hydroxylation is 1. The summed E-state index contributed by atoms with van der Waals surface area (Å²) in [5.41, 5.74) is 1.43. The highest BCUT2D eigenvalue weighted by atomic mass is 14.6. The molecule has 1 heteroatoms. The van der Waals surface area contributed by atoms with E-state index in [0.29, 0.717) is 0 Å². The minimum Gasteiger partial charge on any atom is -0.265 e. The van der Waals surface area contributed by atoms with Gasteiger partial charge in [0.2, 0.25) is 0 Å². The Kier molecular flexibility index (Phi) is 15.5. The molecule has 0 spiro atoms. The molecule has 0 unspecified atom stereocenters. The van der Waals surface area contributed by atoms with Gasteiger partial charge in [-0.25, -0.2) is 0 Å². The normalized spacial score (nSPS) is 11.4. The van der Waals surface area contributed by atoms with Gasteiger partial charge in [0, 0.05) is 12.4 Å². The molecular weight excluding hydrogens is 302 g/mol. The van der Waals surface area contributed by atoms with Crippen molar-refractivity contribution in [1.29, 1.82) is 0 Å². The van der Waals surface area contributed by atoms with Gasteiger partial charge in [0.1, 0.15) is 0 Å². The van der Waals surface area contributed by atoms with Crippen LogP contribution in [0.15, 0.2) is 36.7 Å². The fourth-order valence-electron chi connectivity index (χ4n) is 3.30. The largest absolute Gasteiger partial charge is 0.265 e. The maximum Gasteiger partial charge on any atom is 0.0270 e. The van der Waals surface area contributed by atoms with Gasteiger partial charge < -0.3 is 0 Å². The fourth-order valence-corrected chi connectivity index (χ4v) is 3.30. The molecule has 1 heterocycles. The summed E-state index contributed by atoms with van der Waals surface area (Å²) in [6, 6.07) is 4.28. The molecule has 0 aliphatic heterocycles. The summed E-state index contributed by atoms with van der Waals surface area (Å²) in [5.74, 6) is 0. The fraction of sp³-hybridized carbons (Fsp3) is 0.708.